The zero-order valence-corrected chi connectivity index (χ0v) is 22.7. The van der Waals surface area contributed by atoms with E-state index < -0.39 is 21.5 Å². The SMILES string of the molecule is CCCCN(CCCC)c1ccc2c(c1)Sc1cc(OC(=O)C(Cl)Cl)ccc1N2C(=O)C(Cl)Cl. The molecule has 34 heavy (non-hydrogen) atoms. The topological polar surface area (TPSA) is 49.9 Å². The average Bonchev–Trinajstić information content (AvgIpc) is 2.81. The predicted molar refractivity (Wildman–Crippen MR) is 143 cm³/mol. The Kier molecular flexibility index (Phi) is 10.1. The monoisotopic (exact) mass is 562 g/mol. The summed E-state index contributed by atoms with van der Waals surface area (Å²) in [6, 6.07) is 11.0. The number of anilines is 3. The highest BCUT2D eigenvalue weighted by Crippen LogP contribution is 2.50. The van der Waals surface area contributed by atoms with Gasteiger partial charge in [-0.15, -0.1) is 0 Å². The summed E-state index contributed by atoms with van der Waals surface area (Å²) in [5, 5.41) is 0. The van der Waals surface area contributed by atoms with Gasteiger partial charge < -0.3 is 9.64 Å². The standard InChI is InChI=1S/C24H26Cl4N2O3S/c1-3-5-11-29(12-6-4-2)15-7-9-17-19(13-15)34-20-14-16(33-24(32)22(27)28)8-10-18(20)30(17)23(31)21(25)26/h7-10,13-14,21-22H,3-6,11-12H2,1-2H3. The lowest BCUT2D eigenvalue weighted by atomic mass is 10.1. The van der Waals surface area contributed by atoms with E-state index in [4.69, 9.17) is 51.1 Å². The molecule has 5 nitrogen and oxygen atoms in total. The Morgan fingerprint density at radius 1 is 0.912 bits per heavy atom. The largest absolute Gasteiger partial charge is 0.424 e. The Balaban J connectivity index is 2.02. The fourth-order valence-electron chi connectivity index (χ4n) is 3.60. The van der Waals surface area contributed by atoms with Gasteiger partial charge in [0.1, 0.15) is 5.75 Å². The first-order valence-corrected chi connectivity index (χ1v) is 13.7. The summed E-state index contributed by atoms with van der Waals surface area (Å²) in [5.41, 5.74) is 2.39. The zero-order valence-electron chi connectivity index (χ0n) is 18.9. The van der Waals surface area contributed by atoms with E-state index in [1.165, 1.54) is 16.7 Å². The summed E-state index contributed by atoms with van der Waals surface area (Å²) < 4.78 is 5.24. The molecule has 10 heteroatoms. The van der Waals surface area contributed by atoms with Gasteiger partial charge in [0, 0.05) is 28.6 Å². The summed E-state index contributed by atoms with van der Waals surface area (Å²) in [6.45, 7) is 6.28. The number of hydrogen-bond donors (Lipinski definition) is 0. The van der Waals surface area contributed by atoms with Crippen LogP contribution in [0.1, 0.15) is 39.5 Å². The molecule has 0 unspecified atom stereocenters. The van der Waals surface area contributed by atoms with E-state index in [-0.39, 0.29) is 5.75 Å². The maximum atomic E-state index is 13.0. The van der Waals surface area contributed by atoms with E-state index in [1.54, 1.807) is 18.2 Å². The lowest BCUT2D eigenvalue weighted by Crippen LogP contribution is -2.33. The van der Waals surface area contributed by atoms with Crippen molar-refractivity contribution in [3.8, 4) is 5.75 Å². The van der Waals surface area contributed by atoms with Crippen LogP contribution in [0.5, 0.6) is 5.75 Å². The Labute approximate surface area is 224 Å². The number of rotatable bonds is 10. The molecule has 0 spiro atoms. The fourth-order valence-corrected chi connectivity index (χ4v) is 5.01. The van der Waals surface area contributed by atoms with Crippen LogP contribution in [0.15, 0.2) is 46.2 Å². The van der Waals surface area contributed by atoms with Gasteiger partial charge in [0.05, 0.1) is 11.4 Å². The second-order valence-electron chi connectivity index (χ2n) is 7.77. The molecule has 0 atom stereocenters. The van der Waals surface area contributed by atoms with Crippen molar-refractivity contribution in [2.45, 2.75) is 59.0 Å². The van der Waals surface area contributed by atoms with Crippen molar-refractivity contribution in [1.29, 1.82) is 0 Å². The average molecular weight is 564 g/mol. The molecular weight excluding hydrogens is 538 g/mol. The Hall–Kier alpha value is -1.31. The van der Waals surface area contributed by atoms with Crippen LogP contribution in [0.3, 0.4) is 0 Å². The van der Waals surface area contributed by atoms with E-state index in [2.05, 4.69) is 24.8 Å². The third-order valence-corrected chi connectivity index (χ3v) is 7.13. The molecule has 0 N–H and O–H groups in total. The van der Waals surface area contributed by atoms with Gasteiger partial charge in [-0.1, -0.05) is 84.9 Å². The molecule has 1 heterocycles. The number of unbranched alkanes of at least 4 members (excludes halogenated alkanes) is 2. The first-order valence-electron chi connectivity index (χ1n) is 11.1. The highest BCUT2D eigenvalue weighted by molar-refractivity contribution is 7.99. The number of alkyl halides is 4. The highest BCUT2D eigenvalue weighted by Gasteiger charge is 2.32. The number of nitrogens with zero attached hydrogens (tertiary/aromatic N) is 2. The molecule has 0 bridgehead atoms. The molecule has 0 aliphatic carbocycles. The molecule has 1 amide bonds. The summed E-state index contributed by atoms with van der Waals surface area (Å²) in [6.07, 6.45) is 4.41. The molecule has 0 aromatic heterocycles. The summed E-state index contributed by atoms with van der Waals surface area (Å²) in [7, 11) is 0. The minimum atomic E-state index is -1.30. The van der Waals surface area contributed by atoms with E-state index >= 15 is 0 Å². The molecule has 0 radical (unpaired) electrons. The van der Waals surface area contributed by atoms with E-state index in [0.29, 0.717) is 16.3 Å². The molecule has 184 valence electrons. The molecule has 0 saturated heterocycles. The highest BCUT2D eigenvalue weighted by atomic mass is 35.5. The van der Waals surface area contributed by atoms with Crippen LogP contribution in [0, 0.1) is 0 Å². The second-order valence-corrected chi connectivity index (χ2v) is 11.1. The number of carbonyl (C=O) groups excluding carboxylic acids is 2. The summed E-state index contributed by atoms with van der Waals surface area (Å²) in [5.74, 6) is -0.960. The Bertz CT molecular complexity index is 1030. The van der Waals surface area contributed by atoms with E-state index in [9.17, 15) is 9.59 Å². The number of benzene rings is 2. The molecule has 1 aliphatic rings. The first-order chi connectivity index (χ1) is 16.3. The van der Waals surface area contributed by atoms with Crippen LogP contribution in [0.4, 0.5) is 17.1 Å². The van der Waals surface area contributed by atoms with Crippen molar-refractivity contribution >= 4 is 87.1 Å². The molecule has 2 aromatic rings. The second kappa shape index (κ2) is 12.6. The van der Waals surface area contributed by atoms with Crippen molar-refractivity contribution < 1.29 is 14.3 Å². The predicted octanol–water partition coefficient (Wildman–Crippen LogP) is 7.74. The maximum absolute atomic E-state index is 13.0. The molecular formula is C24H26Cl4N2O3S. The van der Waals surface area contributed by atoms with Gasteiger partial charge in [-0.2, -0.15) is 0 Å². The molecule has 2 aromatic carbocycles. The van der Waals surface area contributed by atoms with Gasteiger partial charge in [-0.3, -0.25) is 9.69 Å². The molecule has 0 saturated carbocycles. The van der Waals surface area contributed by atoms with Crippen molar-refractivity contribution in [1.82, 2.24) is 0 Å². The fraction of sp³-hybridized carbons (Fsp3) is 0.417. The molecule has 3 rings (SSSR count). The number of halogens is 4. The zero-order chi connectivity index (χ0) is 24.8. The Morgan fingerprint density at radius 2 is 1.50 bits per heavy atom. The quantitative estimate of drug-likeness (QED) is 0.168. The van der Waals surface area contributed by atoms with Crippen LogP contribution in [-0.4, -0.2) is 34.6 Å². The summed E-state index contributed by atoms with van der Waals surface area (Å²) in [4.78, 5) is 27.8. The molecule has 0 fully saturated rings. The number of esters is 1. The van der Waals surface area contributed by atoms with Gasteiger partial charge in [0.25, 0.3) is 5.91 Å². The van der Waals surface area contributed by atoms with Gasteiger partial charge in [0.15, 0.2) is 4.84 Å². The van der Waals surface area contributed by atoms with Gasteiger partial charge in [-0.25, -0.2) is 4.79 Å². The maximum Gasteiger partial charge on any atom is 0.344 e. The van der Waals surface area contributed by atoms with Gasteiger partial charge >= 0.3 is 5.97 Å². The molecule has 1 aliphatic heterocycles. The minimum absolute atomic E-state index is 0.273. The lowest BCUT2D eigenvalue weighted by Gasteiger charge is -2.33. The van der Waals surface area contributed by atoms with E-state index in [1.807, 2.05) is 12.1 Å². The lowest BCUT2D eigenvalue weighted by molar-refractivity contribution is -0.132. The van der Waals surface area contributed by atoms with Crippen molar-refractivity contribution in [2.24, 2.45) is 0 Å². The number of fused-ring (bicyclic) bond motifs is 2. The number of ether oxygens (including phenoxy) is 1. The van der Waals surface area contributed by atoms with Crippen molar-refractivity contribution in [2.75, 3.05) is 22.9 Å². The third kappa shape index (κ3) is 6.46. The van der Waals surface area contributed by atoms with Crippen LogP contribution >= 0.6 is 58.2 Å². The van der Waals surface area contributed by atoms with Gasteiger partial charge in [0.2, 0.25) is 4.84 Å². The number of hydrogen-bond acceptors (Lipinski definition) is 5. The van der Waals surface area contributed by atoms with Crippen LogP contribution in [-0.2, 0) is 9.59 Å². The van der Waals surface area contributed by atoms with E-state index in [0.717, 1.165) is 49.4 Å². The normalized spacial score (nSPS) is 12.5. The van der Waals surface area contributed by atoms with Crippen LogP contribution in [0.25, 0.3) is 0 Å². The number of amides is 1. The minimum Gasteiger partial charge on any atom is -0.424 e. The third-order valence-electron chi connectivity index (χ3n) is 5.31. The first kappa shape index (κ1) is 27.3. The van der Waals surface area contributed by atoms with Crippen molar-refractivity contribution in [3.63, 3.8) is 0 Å². The van der Waals surface area contributed by atoms with Crippen LogP contribution < -0.4 is 14.5 Å². The summed E-state index contributed by atoms with van der Waals surface area (Å²) >= 11 is 24.7. The van der Waals surface area contributed by atoms with Crippen molar-refractivity contribution in [3.05, 3.63) is 36.4 Å². The Morgan fingerprint density at radius 3 is 2.06 bits per heavy atom. The smallest absolute Gasteiger partial charge is 0.344 e. The number of carbonyl (C=O) groups is 2. The van der Waals surface area contributed by atoms with Gasteiger partial charge in [-0.05, 0) is 49.2 Å². The van der Waals surface area contributed by atoms with Crippen LogP contribution in [0.2, 0.25) is 0 Å².